The van der Waals surface area contributed by atoms with Crippen LogP contribution in [0.4, 0.5) is 4.39 Å². The molecule has 1 unspecified atom stereocenters. The standard InChI is InChI=1S/C16H22ClFN2/c17-13-2-1-3-14(18)16(13)15(8-19)20-9-12(10-4-5-10)11-6-7-11/h1-3,10-12,15,20H,4-9,19H2. The van der Waals surface area contributed by atoms with Crippen molar-refractivity contribution in [1.82, 2.24) is 5.32 Å². The van der Waals surface area contributed by atoms with Crippen LogP contribution in [0, 0.1) is 23.6 Å². The lowest BCUT2D eigenvalue weighted by atomic mass is 9.96. The molecule has 0 spiro atoms. The molecule has 2 nitrogen and oxygen atoms in total. The maximum absolute atomic E-state index is 14.0. The minimum Gasteiger partial charge on any atom is -0.329 e. The van der Waals surface area contributed by atoms with Crippen LogP contribution in [-0.4, -0.2) is 13.1 Å². The molecule has 110 valence electrons. The van der Waals surface area contributed by atoms with Crippen molar-refractivity contribution in [1.29, 1.82) is 0 Å². The van der Waals surface area contributed by atoms with Gasteiger partial charge in [-0.15, -0.1) is 0 Å². The Labute approximate surface area is 124 Å². The highest BCUT2D eigenvalue weighted by molar-refractivity contribution is 6.31. The highest BCUT2D eigenvalue weighted by Crippen LogP contribution is 2.49. The largest absolute Gasteiger partial charge is 0.329 e. The maximum atomic E-state index is 14.0. The van der Waals surface area contributed by atoms with Crippen molar-refractivity contribution in [3.8, 4) is 0 Å². The fourth-order valence-electron chi connectivity index (χ4n) is 3.19. The second-order valence-electron chi connectivity index (χ2n) is 6.17. The van der Waals surface area contributed by atoms with E-state index in [2.05, 4.69) is 5.32 Å². The molecule has 0 aromatic heterocycles. The third-order valence-corrected chi connectivity index (χ3v) is 4.97. The van der Waals surface area contributed by atoms with Gasteiger partial charge in [0.2, 0.25) is 0 Å². The van der Waals surface area contributed by atoms with Crippen LogP contribution in [0.2, 0.25) is 5.02 Å². The van der Waals surface area contributed by atoms with Crippen molar-refractivity contribution in [2.24, 2.45) is 23.5 Å². The molecule has 2 aliphatic carbocycles. The summed E-state index contributed by atoms with van der Waals surface area (Å²) < 4.78 is 14.0. The number of hydrogen-bond donors (Lipinski definition) is 2. The van der Waals surface area contributed by atoms with Crippen LogP contribution in [0.3, 0.4) is 0 Å². The maximum Gasteiger partial charge on any atom is 0.129 e. The van der Waals surface area contributed by atoms with Gasteiger partial charge in [0.25, 0.3) is 0 Å². The molecular formula is C16H22ClFN2. The van der Waals surface area contributed by atoms with Gasteiger partial charge in [-0.25, -0.2) is 4.39 Å². The third kappa shape index (κ3) is 3.16. The van der Waals surface area contributed by atoms with E-state index < -0.39 is 0 Å². The van der Waals surface area contributed by atoms with Crippen LogP contribution in [0.1, 0.15) is 37.3 Å². The Morgan fingerprint density at radius 3 is 2.40 bits per heavy atom. The van der Waals surface area contributed by atoms with Crippen LogP contribution in [-0.2, 0) is 0 Å². The first kappa shape index (κ1) is 14.3. The molecule has 20 heavy (non-hydrogen) atoms. The first-order valence-corrected chi connectivity index (χ1v) is 7.96. The lowest BCUT2D eigenvalue weighted by Crippen LogP contribution is -2.34. The molecule has 0 saturated heterocycles. The summed E-state index contributed by atoms with van der Waals surface area (Å²) in [7, 11) is 0. The van der Waals surface area contributed by atoms with E-state index in [1.54, 1.807) is 12.1 Å². The molecule has 0 heterocycles. The summed E-state index contributed by atoms with van der Waals surface area (Å²) in [6.45, 7) is 1.30. The first-order chi connectivity index (χ1) is 9.70. The van der Waals surface area contributed by atoms with E-state index in [1.165, 1.54) is 31.7 Å². The Morgan fingerprint density at radius 2 is 1.90 bits per heavy atom. The summed E-state index contributed by atoms with van der Waals surface area (Å²) in [5.41, 5.74) is 6.34. The summed E-state index contributed by atoms with van der Waals surface area (Å²) >= 11 is 6.13. The van der Waals surface area contributed by atoms with E-state index >= 15 is 0 Å². The first-order valence-electron chi connectivity index (χ1n) is 7.58. The van der Waals surface area contributed by atoms with Gasteiger partial charge >= 0.3 is 0 Å². The van der Waals surface area contributed by atoms with Crippen LogP contribution in [0.5, 0.6) is 0 Å². The Hall–Kier alpha value is -0.640. The third-order valence-electron chi connectivity index (χ3n) is 4.64. The van der Waals surface area contributed by atoms with Gasteiger partial charge in [-0.2, -0.15) is 0 Å². The molecule has 2 fully saturated rings. The highest BCUT2D eigenvalue weighted by Gasteiger charge is 2.41. The predicted molar refractivity (Wildman–Crippen MR) is 80.1 cm³/mol. The van der Waals surface area contributed by atoms with Gasteiger partial charge in [-0.05, 0) is 62.1 Å². The van der Waals surface area contributed by atoms with Crippen LogP contribution >= 0.6 is 11.6 Å². The molecule has 0 radical (unpaired) electrons. The average molecular weight is 297 g/mol. The van der Waals surface area contributed by atoms with E-state index in [1.807, 2.05) is 0 Å². The van der Waals surface area contributed by atoms with Gasteiger partial charge in [0, 0.05) is 23.2 Å². The van der Waals surface area contributed by atoms with Gasteiger partial charge in [0.1, 0.15) is 5.82 Å². The smallest absolute Gasteiger partial charge is 0.129 e. The van der Waals surface area contributed by atoms with Gasteiger partial charge < -0.3 is 11.1 Å². The Bertz CT molecular complexity index is 439. The number of halogens is 2. The molecule has 0 aliphatic heterocycles. The van der Waals surface area contributed by atoms with E-state index in [9.17, 15) is 4.39 Å². The van der Waals surface area contributed by atoms with E-state index in [-0.39, 0.29) is 11.9 Å². The fraction of sp³-hybridized carbons (Fsp3) is 0.625. The monoisotopic (exact) mass is 296 g/mol. The molecule has 0 bridgehead atoms. The quantitative estimate of drug-likeness (QED) is 0.808. The Morgan fingerprint density at radius 1 is 1.25 bits per heavy atom. The topological polar surface area (TPSA) is 38.0 Å². The van der Waals surface area contributed by atoms with Crippen molar-refractivity contribution >= 4 is 11.6 Å². The van der Waals surface area contributed by atoms with Crippen molar-refractivity contribution in [2.45, 2.75) is 31.7 Å². The summed E-state index contributed by atoms with van der Waals surface area (Å²) in [4.78, 5) is 0. The highest BCUT2D eigenvalue weighted by atomic mass is 35.5. The molecular weight excluding hydrogens is 275 g/mol. The Balaban J connectivity index is 1.67. The van der Waals surface area contributed by atoms with Gasteiger partial charge in [-0.3, -0.25) is 0 Å². The molecule has 4 heteroatoms. The molecule has 1 aromatic carbocycles. The number of nitrogens with two attached hydrogens (primary N) is 1. The SMILES string of the molecule is NCC(NCC(C1CC1)C1CC1)c1c(F)cccc1Cl. The second kappa shape index (κ2) is 6.00. The number of benzene rings is 1. The normalized spacial score (nSPS) is 20.4. The predicted octanol–water partition coefficient (Wildman–Crippen LogP) is 3.50. The minimum absolute atomic E-state index is 0.191. The zero-order valence-corrected chi connectivity index (χ0v) is 12.4. The van der Waals surface area contributed by atoms with Crippen LogP contribution in [0.15, 0.2) is 18.2 Å². The molecule has 2 saturated carbocycles. The molecule has 0 amide bonds. The Kier molecular flexibility index (Phi) is 4.29. The zero-order valence-electron chi connectivity index (χ0n) is 11.6. The van der Waals surface area contributed by atoms with E-state index in [0.717, 1.165) is 24.3 Å². The van der Waals surface area contributed by atoms with Crippen LogP contribution < -0.4 is 11.1 Å². The molecule has 3 rings (SSSR count). The van der Waals surface area contributed by atoms with E-state index in [0.29, 0.717) is 17.1 Å². The number of rotatable bonds is 7. The summed E-state index contributed by atoms with van der Waals surface area (Å²) in [5, 5.41) is 3.92. The molecule has 1 atom stereocenters. The van der Waals surface area contributed by atoms with Crippen molar-refractivity contribution < 1.29 is 4.39 Å². The number of nitrogens with one attached hydrogen (secondary N) is 1. The lowest BCUT2D eigenvalue weighted by molar-refractivity contribution is 0.354. The van der Waals surface area contributed by atoms with Gasteiger partial charge in [-0.1, -0.05) is 17.7 Å². The van der Waals surface area contributed by atoms with Crippen molar-refractivity contribution in [3.05, 3.63) is 34.6 Å². The summed E-state index contributed by atoms with van der Waals surface area (Å²) in [5.74, 6) is 2.23. The number of hydrogen-bond acceptors (Lipinski definition) is 2. The second-order valence-corrected chi connectivity index (χ2v) is 6.58. The van der Waals surface area contributed by atoms with Crippen LogP contribution in [0.25, 0.3) is 0 Å². The van der Waals surface area contributed by atoms with Gasteiger partial charge in [0.05, 0.1) is 0 Å². The van der Waals surface area contributed by atoms with E-state index in [4.69, 9.17) is 17.3 Å². The lowest BCUT2D eigenvalue weighted by Gasteiger charge is -2.23. The molecule has 1 aromatic rings. The fourth-order valence-corrected chi connectivity index (χ4v) is 3.49. The van der Waals surface area contributed by atoms with Crippen molar-refractivity contribution in [2.75, 3.05) is 13.1 Å². The molecule has 2 aliphatic rings. The zero-order chi connectivity index (χ0) is 14.1. The van der Waals surface area contributed by atoms with Crippen molar-refractivity contribution in [3.63, 3.8) is 0 Å². The van der Waals surface area contributed by atoms with Gasteiger partial charge in [0.15, 0.2) is 0 Å². The minimum atomic E-state index is -0.269. The molecule has 3 N–H and O–H groups in total. The summed E-state index contributed by atoms with van der Waals surface area (Å²) in [6.07, 6.45) is 5.43. The summed E-state index contributed by atoms with van der Waals surface area (Å²) in [6, 6.07) is 4.61. The average Bonchev–Trinajstić information content (AvgIpc) is 3.29.